The summed E-state index contributed by atoms with van der Waals surface area (Å²) in [6, 6.07) is 16.1. The van der Waals surface area contributed by atoms with E-state index in [1.54, 1.807) is 6.26 Å². The van der Waals surface area contributed by atoms with Gasteiger partial charge in [0.05, 0.1) is 0 Å². The first kappa shape index (κ1) is 17.0. The summed E-state index contributed by atoms with van der Waals surface area (Å²) in [6.07, 6.45) is 2.64. The molecule has 0 spiro atoms. The predicted octanol–water partition coefficient (Wildman–Crippen LogP) is 4.21. The second-order valence-electron chi connectivity index (χ2n) is 6.26. The van der Waals surface area contributed by atoms with E-state index in [0.29, 0.717) is 19.4 Å². The van der Waals surface area contributed by atoms with E-state index in [2.05, 4.69) is 42.5 Å². The Morgan fingerprint density at radius 2 is 1.88 bits per heavy atom. The lowest BCUT2D eigenvalue weighted by Crippen LogP contribution is -2.23. The fourth-order valence-corrected chi connectivity index (χ4v) is 2.79. The molecule has 0 atom stereocenters. The largest absolute Gasteiger partial charge is 0.364 e. The highest BCUT2D eigenvalue weighted by Crippen LogP contribution is 2.22. The van der Waals surface area contributed by atoms with Crippen LogP contribution in [0.25, 0.3) is 11.3 Å². The van der Waals surface area contributed by atoms with Crippen molar-refractivity contribution < 1.29 is 9.32 Å². The smallest absolute Gasteiger partial charge is 0.220 e. The molecule has 1 heterocycles. The van der Waals surface area contributed by atoms with Gasteiger partial charge in [0.2, 0.25) is 5.91 Å². The minimum Gasteiger partial charge on any atom is -0.364 e. The van der Waals surface area contributed by atoms with Gasteiger partial charge in [-0.1, -0.05) is 59.3 Å². The third-order valence-electron chi connectivity index (χ3n) is 4.29. The molecule has 2 aromatic carbocycles. The molecule has 0 aliphatic carbocycles. The van der Waals surface area contributed by atoms with E-state index in [9.17, 15) is 4.79 Å². The van der Waals surface area contributed by atoms with E-state index >= 15 is 0 Å². The number of rotatable bonds is 6. The number of hydrogen-bond donors (Lipinski definition) is 1. The van der Waals surface area contributed by atoms with E-state index < -0.39 is 0 Å². The average Bonchev–Trinajstić information content (AvgIpc) is 3.10. The molecule has 4 heteroatoms. The molecule has 0 aliphatic heterocycles. The van der Waals surface area contributed by atoms with Crippen molar-refractivity contribution in [3.63, 3.8) is 0 Å². The Hall–Kier alpha value is -2.88. The monoisotopic (exact) mass is 334 g/mol. The van der Waals surface area contributed by atoms with Crippen LogP contribution in [-0.4, -0.2) is 11.1 Å². The van der Waals surface area contributed by atoms with Gasteiger partial charge in [-0.2, -0.15) is 0 Å². The van der Waals surface area contributed by atoms with Crippen molar-refractivity contribution in [3.05, 3.63) is 77.0 Å². The summed E-state index contributed by atoms with van der Waals surface area (Å²) in [5.41, 5.74) is 6.31. The topological polar surface area (TPSA) is 55.1 Å². The number of amides is 1. The molecule has 1 N–H and O–H groups in total. The molecule has 25 heavy (non-hydrogen) atoms. The summed E-state index contributed by atoms with van der Waals surface area (Å²) < 4.78 is 5.11. The van der Waals surface area contributed by atoms with E-state index in [-0.39, 0.29) is 5.91 Å². The first-order valence-electron chi connectivity index (χ1n) is 8.45. The molecule has 3 aromatic rings. The average molecular weight is 334 g/mol. The fourth-order valence-electron chi connectivity index (χ4n) is 2.79. The first-order chi connectivity index (χ1) is 12.1. The zero-order valence-corrected chi connectivity index (χ0v) is 14.6. The van der Waals surface area contributed by atoms with Crippen molar-refractivity contribution in [1.29, 1.82) is 0 Å². The number of hydrogen-bond acceptors (Lipinski definition) is 3. The number of nitrogens with one attached hydrogen (secondary N) is 1. The second kappa shape index (κ2) is 7.79. The maximum Gasteiger partial charge on any atom is 0.220 e. The van der Waals surface area contributed by atoms with Crippen LogP contribution >= 0.6 is 0 Å². The Bertz CT molecular complexity index is 853. The number of aromatic nitrogens is 1. The Kier molecular flexibility index (Phi) is 5.29. The summed E-state index contributed by atoms with van der Waals surface area (Å²) in [5, 5.41) is 7.07. The zero-order chi connectivity index (χ0) is 17.6. The molecule has 1 amide bonds. The highest BCUT2D eigenvalue weighted by Gasteiger charge is 2.12. The lowest BCUT2D eigenvalue weighted by atomic mass is 10.0. The number of aryl methyl sites for hydroxylation is 3. The second-order valence-corrected chi connectivity index (χ2v) is 6.26. The Morgan fingerprint density at radius 1 is 1.08 bits per heavy atom. The number of nitrogens with zero attached hydrogens (tertiary/aromatic N) is 1. The first-order valence-corrected chi connectivity index (χ1v) is 8.45. The third kappa shape index (κ3) is 4.35. The Balaban J connectivity index is 1.57. The van der Waals surface area contributed by atoms with E-state index in [1.165, 1.54) is 11.1 Å². The van der Waals surface area contributed by atoms with Crippen LogP contribution in [0.4, 0.5) is 0 Å². The van der Waals surface area contributed by atoms with Gasteiger partial charge in [0.1, 0.15) is 12.0 Å². The van der Waals surface area contributed by atoms with Crippen LogP contribution < -0.4 is 5.32 Å². The standard InChI is InChI=1S/C21H22N2O2/c1-15-8-9-16(2)19(12-15)13-22-20(24)11-10-18-14-25-23-21(18)17-6-4-3-5-7-17/h3-9,12,14H,10-11,13H2,1-2H3,(H,22,24). The van der Waals surface area contributed by atoms with Gasteiger partial charge in [-0.3, -0.25) is 4.79 Å². The van der Waals surface area contributed by atoms with Crippen LogP contribution in [0.5, 0.6) is 0 Å². The fraction of sp³-hybridized carbons (Fsp3) is 0.238. The zero-order valence-electron chi connectivity index (χ0n) is 14.6. The van der Waals surface area contributed by atoms with Crippen molar-refractivity contribution in [1.82, 2.24) is 10.5 Å². The van der Waals surface area contributed by atoms with Gasteiger partial charge in [0.15, 0.2) is 0 Å². The molecule has 0 saturated heterocycles. The molecule has 0 radical (unpaired) electrons. The minimum absolute atomic E-state index is 0.0288. The van der Waals surface area contributed by atoms with Gasteiger partial charge < -0.3 is 9.84 Å². The van der Waals surface area contributed by atoms with E-state index in [0.717, 1.165) is 22.4 Å². The molecule has 0 bridgehead atoms. The minimum atomic E-state index is 0.0288. The Morgan fingerprint density at radius 3 is 2.68 bits per heavy atom. The van der Waals surface area contributed by atoms with Crippen molar-refractivity contribution in [3.8, 4) is 11.3 Å². The van der Waals surface area contributed by atoms with Crippen molar-refractivity contribution in [2.75, 3.05) is 0 Å². The maximum atomic E-state index is 12.2. The van der Waals surface area contributed by atoms with E-state index in [1.807, 2.05) is 30.3 Å². The van der Waals surface area contributed by atoms with Crippen molar-refractivity contribution in [2.24, 2.45) is 0 Å². The van der Waals surface area contributed by atoms with Gasteiger partial charge >= 0.3 is 0 Å². The van der Waals surface area contributed by atoms with Gasteiger partial charge in [0.25, 0.3) is 0 Å². The summed E-state index contributed by atoms with van der Waals surface area (Å²) >= 11 is 0. The number of benzene rings is 2. The third-order valence-corrected chi connectivity index (χ3v) is 4.29. The molecule has 1 aromatic heterocycles. The van der Waals surface area contributed by atoms with Crippen LogP contribution in [0.15, 0.2) is 59.3 Å². The lowest BCUT2D eigenvalue weighted by molar-refractivity contribution is -0.121. The Labute approximate surface area is 147 Å². The molecule has 3 rings (SSSR count). The quantitative estimate of drug-likeness (QED) is 0.735. The summed E-state index contributed by atoms with van der Waals surface area (Å²) in [7, 11) is 0. The molecule has 0 unspecified atom stereocenters. The predicted molar refractivity (Wildman–Crippen MR) is 98.0 cm³/mol. The van der Waals surface area contributed by atoms with Crippen LogP contribution in [0, 0.1) is 13.8 Å². The van der Waals surface area contributed by atoms with Gasteiger partial charge in [-0.15, -0.1) is 0 Å². The maximum absolute atomic E-state index is 12.2. The molecular formula is C21H22N2O2. The molecule has 0 aliphatic rings. The molecule has 0 fully saturated rings. The van der Waals surface area contributed by atoms with E-state index in [4.69, 9.17) is 4.52 Å². The lowest BCUT2D eigenvalue weighted by Gasteiger charge is -2.09. The highest BCUT2D eigenvalue weighted by molar-refractivity contribution is 5.76. The van der Waals surface area contributed by atoms with Crippen molar-refractivity contribution >= 4 is 5.91 Å². The summed E-state index contributed by atoms with van der Waals surface area (Å²) in [6.45, 7) is 4.67. The van der Waals surface area contributed by atoms with Gasteiger partial charge in [0, 0.05) is 24.1 Å². The van der Waals surface area contributed by atoms with Crippen LogP contribution in [0.1, 0.15) is 28.7 Å². The molecule has 128 valence electrons. The highest BCUT2D eigenvalue weighted by atomic mass is 16.5. The number of carbonyl (C=O) groups is 1. The molecule has 0 saturated carbocycles. The SMILES string of the molecule is Cc1ccc(C)c(CNC(=O)CCc2conc2-c2ccccc2)c1. The van der Waals surface area contributed by atoms with Crippen LogP contribution in [-0.2, 0) is 17.8 Å². The van der Waals surface area contributed by atoms with Crippen LogP contribution in [0.2, 0.25) is 0 Å². The van der Waals surface area contributed by atoms with Gasteiger partial charge in [-0.05, 0) is 31.4 Å². The van der Waals surface area contributed by atoms with Crippen molar-refractivity contribution in [2.45, 2.75) is 33.2 Å². The van der Waals surface area contributed by atoms with Crippen LogP contribution in [0.3, 0.4) is 0 Å². The normalized spacial score (nSPS) is 10.6. The molecule has 4 nitrogen and oxygen atoms in total. The molecular weight excluding hydrogens is 312 g/mol. The summed E-state index contributed by atoms with van der Waals surface area (Å²) in [4.78, 5) is 12.2. The summed E-state index contributed by atoms with van der Waals surface area (Å²) in [5.74, 6) is 0.0288. The van der Waals surface area contributed by atoms with Gasteiger partial charge in [-0.25, -0.2) is 0 Å². The number of carbonyl (C=O) groups excluding carboxylic acids is 1.